The lowest BCUT2D eigenvalue weighted by atomic mass is 10.3. The fraction of sp³-hybridized carbons (Fsp3) is 0.462. The van der Waals surface area contributed by atoms with E-state index in [-0.39, 0.29) is 0 Å². The van der Waals surface area contributed by atoms with Gasteiger partial charge in [0, 0.05) is 11.9 Å². The number of thiazole rings is 1. The van der Waals surface area contributed by atoms with E-state index in [9.17, 15) is 0 Å². The van der Waals surface area contributed by atoms with Crippen LogP contribution in [0.15, 0.2) is 28.2 Å². The maximum atomic E-state index is 5.34. The number of aromatic nitrogens is 1. The average molecular weight is 250 g/mol. The molecule has 0 unspecified atom stereocenters. The monoisotopic (exact) mass is 250 g/mol. The standard InChI is InChI=1S/C13H18N2OS/c1-3-4-7-15(2)9-11-10-17-13(14-11)12-6-5-8-16-12/h5-6,8,10H,3-4,7,9H2,1-2H3. The van der Waals surface area contributed by atoms with Gasteiger partial charge >= 0.3 is 0 Å². The summed E-state index contributed by atoms with van der Waals surface area (Å²) < 4.78 is 5.34. The van der Waals surface area contributed by atoms with E-state index >= 15 is 0 Å². The van der Waals surface area contributed by atoms with Crippen molar-refractivity contribution in [2.45, 2.75) is 26.3 Å². The number of hydrogen-bond acceptors (Lipinski definition) is 4. The lowest BCUT2D eigenvalue weighted by molar-refractivity contribution is 0.317. The van der Waals surface area contributed by atoms with Crippen molar-refractivity contribution in [3.8, 4) is 10.8 Å². The lowest BCUT2D eigenvalue weighted by Crippen LogP contribution is -2.19. The predicted molar refractivity (Wildman–Crippen MR) is 71.1 cm³/mol. The van der Waals surface area contributed by atoms with Crippen LogP contribution < -0.4 is 0 Å². The van der Waals surface area contributed by atoms with Crippen LogP contribution in [0.1, 0.15) is 25.5 Å². The van der Waals surface area contributed by atoms with Gasteiger partial charge in [-0.2, -0.15) is 0 Å². The van der Waals surface area contributed by atoms with Gasteiger partial charge in [0.1, 0.15) is 0 Å². The van der Waals surface area contributed by atoms with Crippen LogP contribution in [-0.4, -0.2) is 23.5 Å². The second kappa shape index (κ2) is 5.98. The van der Waals surface area contributed by atoms with E-state index in [2.05, 4.69) is 29.2 Å². The summed E-state index contributed by atoms with van der Waals surface area (Å²) in [6, 6.07) is 3.84. The Hall–Kier alpha value is -1.13. The SMILES string of the molecule is CCCCN(C)Cc1csc(-c2ccco2)n1. The number of unbranched alkanes of at least 4 members (excludes halogenated alkanes) is 1. The fourth-order valence-corrected chi connectivity index (χ4v) is 2.45. The molecule has 0 aliphatic carbocycles. The highest BCUT2D eigenvalue weighted by Gasteiger charge is 2.08. The molecule has 17 heavy (non-hydrogen) atoms. The van der Waals surface area contributed by atoms with Crippen molar-refractivity contribution in [1.82, 2.24) is 9.88 Å². The molecule has 0 aliphatic heterocycles. The maximum absolute atomic E-state index is 5.34. The molecule has 0 amide bonds. The normalized spacial score (nSPS) is 11.2. The molecule has 0 bridgehead atoms. The Labute approximate surface area is 106 Å². The first-order valence-electron chi connectivity index (χ1n) is 5.96. The Balaban J connectivity index is 1.94. The summed E-state index contributed by atoms with van der Waals surface area (Å²) >= 11 is 1.64. The van der Waals surface area contributed by atoms with Crippen LogP contribution in [0.5, 0.6) is 0 Å². The van der Waals surface area contributed by atoms with Gasteiger partial charge in [0.05, 0.1) is 12.0 Å². The molecule has 0 fully saturated rings. The molecule has 0 saturated carbocycles. The molecule has 4 heteroatoms. The number of rotatable bonds is 6. The average Bonchev–Trinajstić information content (AvgIpc) is 2.95. The van der Waals surface area contributed by atoms with Gasteiger partial charge in [0.15, 0.2) is 10.8 Å². The molecule has 2 aromatic rings. The first-order chi connectivity index (χ1) is 8.29. The maximum Gasteiger partial charge on any atom is 0.162 e. The molecule has 0 atom stereocenters. The minimum absolute atomic E-state index is 0.859. The number of nitrogens with zero attached hydrogens (tertiary/aromatic N) is 2. The van der Waals surface area contributed by atoms with Gasteiger partial charge in [-0.25, -0.2) is 4.98 Å². The summed E-state index contributed by atoms with van der Waals surface area (Å²) in [5.74, 6) is 0.859. The van der Waals surface area contributed by atoms with Crippen LogP contribution in [0.3, 0.4) is 0 Å². The van der Waals surface area contributed by atoms with Crippen LogP contribution >= 0.6 is 11.3 Å². The zero-order valence-corrected chi connectivity index (χ0v) is 11.2. The Morgan fingerprint density at radius 3 is 3.06 bits per heavy atom. The quantitative estimate of drug-likeness (QED) is 0.784. The van der Waals surface area contributed by atoms with Crippen molar-refractivity contribution in [3.05, 3.63) is 29.5 Å². The topological polar surface area (TPSA) is 29.3 Å². The van der Waals surface area contributed by atoms with E-state index < -0.39 is 0 Å². The zero-order chi connectivity index (χ0) is 12.1. The molecule has 2 rings (SSSR count). The predicted octanol–water partition coefficient (Wildman–Crippen LogP) is 3.64. The first-order valence-corrected chi connectivity index (χ1v) is 6.84. The second-order valence-corrected chi connectivity index (χ2v) is 5.07. The van der Waals surface area contributed by atoms with E-state index in [4.69, 9.17) is 4.42 Å². The highest BCUT2D eigenvalue weighted by atomic mass is 32.1. The van der Waals surface area contributed by atoms with Crippen LogP contribution in [0, 0.1) is 0 Å². The molecule has 0 saturated heterocycles. The molecular weight excluding hydrogens is 232 g/mol. The van der Waals surface area contributed by atoms with Crippen molar-refractivity contribution >= 4 is 11.3 Å². The smallest absolute Gasteiger partial charge is 0.162 e. The van der Waals surface area contributed by atoms with Crippen molar-refractivity contribution in [2.75, 3.05) is 13.6 Å². The van der Waals surface area contributed by atoms with Crippen molar-refractivity contribution in [3.63, 3.8) is 0 Å². The molecular formula is C13H18N2OS. The summed E-state index contributed by atoms with van der Waals surface area (Å²) in [6.45, 7) is 4.26. The summed E-state index contributed by atoms with van der Waals surface area (Å²) in [6.07, 6.45) is 4.16. The molecule has 2 heterocycles. The lowest BCUT2D eigenvalue weighted by Gasteiger charge is -2.13. The van der Waals surface area contributed by atoms with E-state index in [0.29, 0.717) is 0 Å². The van der Waals surface area contributed by atoms with Crippen molar-refractivity contribution < 1.29 is 4.42 Å². The molecule has 0 N–H and O–H groups in total. The first kappa shape index (κ1) is 12.3. The molecule has 0 radical (unpaired) electrons. The molecule has 0 spiro atoms. The van der Waals surface area contributed by atoms with Crippen LogP contribution in [0.25, 0.3) is 10.8 Å². The molecule has 92 valence electrons. The minimum Gasteiger partial charge on any atom is -0.462 e. The summed E-state index contributed by atoms with van der Waals surface area (Å²) in [5, 5.41) is 3.08. The van der Waals surface area contributed by atoms with E-state index in [0.717, 1.165) is 29.6 Å². The Morgan fingerprint density at radius 2 is 2.35 bits per heavy atom. The molecule has 3 nitrogen and oxygen atoms in total. The summed E-state index contributed by atoms with van der Waals surface area (Å²) in [5.41, 5.74) is 1.13. The second-order valence-electron chi connectivity index (χ2n) is 4.21. The Morgan fingerprint density at radius 1 is 1.47 bits per heavy atom. The highest BCUT2D eigenvalue weighted by Crippen LogP contribution is 2.24. The van der Waals surface area contributed by atoms with Crippen LogP contribution in [0.2, 0.25) is 0 Å². The van der Waals surface area contributed by atoms with Crippen molar-refractivity contribution in [1.29, 1.82) is 0 Å². The van der Waals surface area contributed by atoms with Gasteiger partial charge in [-0.05, 0) is 32.1 Å². The van der Waals surface area contributed by atoms with Crippen LogP contribution in [0.4, 0.5) is 0 Å². The van der Waals surface area contributed by atoms with Gasteiger partial charge in [-0.3, -0.25) is 0 Å². The largest absolute Gasteiger partial charge is 0.462 e. The third-order valence-corrected chi connectivity index (χ3v) is 3.51. The summed E-state index contributed by atoms with van der Waals surface area (Å²) in [4.78, 5) is 6.89. The summed E-state index contributed by atoms with van der Waals surface area (Å²) in [7, 11) is 2.14. The third kappa shape index (κ3) is 3.41. The minimum atomic E-state index is 0.859. The number of furan rings is 1. The van der Waals surface area contributed by atoms with Gasteiger partial charge in [-0.15, -0.1) is 11.3 Å². The van der Waals surface area contributed by atoms with E-state index in [1.807, 2.05) is 12.1 Å². The van der Waals surface area contributed by atoms with E-state index in [1.54, 1.807) is 17.6 Å². The molecule has 0 aromatic carbocycles. The van der Waals surface area contributed by atoms with Gasteiger partial charge in [0.25, 0.3) is 0 Å². The van der Waals surface area contributed by atoms with Crippen LogP contribution in [-0.2, 0) is 6.54 Å². The third-order valence-electron chi connectivity index (χ3n) is 2.61. The molecule has 0 aliphatic rings. The zero-order valence-electron chi connectivity index (χ0n) is 10.3. The van der Waals surface area contributed by atoms with Gasteiger partial charge < -0.3 is 9.32 Å². The Kier molecular flexibility index (Phi) is 4.34. The van der Waals surface area contributed by atoms with Gasteiger partial charge in [0.2, 0.25) is 0 Å². The van der Waals surface area contributed by atoms with Gasteiger partial charge in [-0.1, -0.05) is 13.3 Å². The highest BCUT2D eigenvalue weighted by molar-refractivity contribution is 7.13. The fourth-order valence-electron chi connectivity index (χ4n) is 1.68. The molecule has 2 aromatic heterocycles. The Bertz CT molecular complexity index is 436. The van der Waals surface area contributed by atoms with E-state index in [1.165, 1.54) is 12.8 Å². The number of hydrogen-bond donors (Lipinski definition) is 0. The van der Waals surface area contributed by atoms with Crippen molar-refractivity contribution in [2.24, 2.45) is 0 Å².